The molecule has 1 aliphatic rings. The lowest BCUT2D eigenvalue weighted by atomic mass is 10.0. The van der Waals surface area contributed by atoms with Gasteiger partial charge in [-0.3, -0.25) is 4.79 Å². The summed E-state index contributed by atoms with van der Waals surface area (Å²) in [5.41, 5.74) is 1.88. The van der Waals surface area contributed by atoms with Gasteiger partial charge in [0, 0.05) is 5.56 Å². The summed E-state index contributed by atoms with van der Waals surface area (Å²) < 4.78 is 5.17. The highest BCUT2D eigenvalue weighted by Gasteiger charge is 2.26. The lowest BCUT2D eigenvalue weighted by Crippen LogP contribution is -2.42. The number of hydrogen-bond donors (Lipinski definition) is 2. The number of carbonyl (C=O) groups is 1. The fourth-order valence-electron chi connectivity index (χ4n) is 2.55. The van der Waals surface area contributed by atoms with Gasteiger partial charge < -0.3 is 15.2 Å². The van der Waals surface area contributed by atoms with E-state index in [9.17, 15) is 4.79 Å². The summed E-state index contributed by atoms with van der Waals surface area (Å²) in [7, 11) is 0. The molecule has 2 N–H and O–H groups in total. The molecular formula is C13H22ClN3O2. The lowest BCUT2D eigenvalue weighted by molar-refractivity contribution is -0.123. The summed E-state index contributed by atoms with van der Waals surface area (Å²) in [5, 5.41) is 10.2. The van der Waals surface area contributed by atoms with Crippen molar-refractivity contribution >= 4 is 18.3 Å². The minimum absolute atomic E-state index is 0. The van der Waals surface area contributed by atoms with Gasteiger partial charge in [-0.2, -0.15) is 0 Å². The van der Waals surface area contributed by atoms with Crippen LogP contribution in [0.1, 0.15) is 49.2 Å². The second kappa shape index (κ2) is 6.91. The maximum absolute atomic E-state index is 12.1. The predicted octanol–water partition coefficient (Wildman–Crippen LogP) is 2.03. The van der Waals surface area contributed by atoms with E-state index in [2.05, 4.69) is 22.7 Å². The zero-order valence-corrected chi connectivity index (χ0v) is 12.5. The number of nitrogens with one attached hydrogen (secondary N) is 2. The van der Waals surface area contributed by atoms with Crippen molar-refractivity contribution in [1.82, 2.24) is 15.8 Å². The third kappa shape index (κ3) is 3.48. The molecule has 19 heavy (non-hydrogen) atoms. The molecule has 2 heterocycles. The van der Waals surface area contributed by atoms with Crippen molar-refractivity contribution in [3.63, 3.8) is 0 Å². The fraction of sp³-hybridized carbons (Fsp3) is 0.692. The highest BCUT2D eigenvalue weighted by Crippen LogP contribution is 2.24. The first-order valence-electron chi connectivity index (χ1n) is 6.60. The Morgan fingerprint density at radius 1 is 1.58 bits per heavy atom. The van der Waals surface area contributed by atoms with E-state index in [-0.39, 0.29) is 30.4 Å². The first kappa shape index (κ1) is 16.0. The zero-order valence-electron chi connectivity index (χ0n) is 11.7. The Balaban J connectivity index is 0.00000180. The number of carbonyl (C=O) groups excluding carboxylic acids is 1. The molecule has 6 heteroatoms. The van der Waals surface area contributed by atoms with Crippen molar-refractivity contribution in [3.05, 3.63) is 17.0 Å². The monoisotopic (exact) mass is 287 g/mol. The van der Waals surface area contributed by atoms with Gasteiger partial charge >= 0.3 is 0 Å². The SMILES string of the molecule is CCC(NC(=O)C1CCCN1)c1c(C)noc1C.Cl. The van der Waals surface area contributed by atoms with Crippen LogP contribution in [0.3, 0.4) is 0 Å². The van der Waals surface area contributed by atoms with E-state index in [1.807, 2.05) is 13.8 Å². The molecule has 1 saturated heterocycles. The normalized spacial score (nSPS) is 19.8. The Kier molecular flexibility index (Phi) is 5.82. The van der Waals surface area contributed by atoms with E-state index in [0.29, 0.717) is 0 Å². The molecule has 108 valence electrons. The average Bonchev–Trinajstić information content (AvgIpc) is 2.98. The second-order valence-corrected chi connectivity index (χ2v) is 4.86. The van der Waals surface area contributed by atoms with E-state index < -0.39 is 0 Å². The molecular weight excluding hydrogens is 266 g/mol. The molecule has 0 aliphatic carbocycles. The van der Waals surface area contributed by atoms with Crippen molar-refractivity contribution in [2.24, 2.45) is 0 Å². The topological polar surface area (TPSA) is 67.2 Å². The third-order valence-corrected chi connectivity index (χ3v) is 3.54. The molecule has 2 unspecified atom stereocenters. The lowest BCUT2D eigenvalue weighted by Gasteiger charge is -2.19. The number of hydrogen-bond acceptors (Lipinski definition) is 4. The summed E-state index contributed by atoms with van der Waals surface area (Å²) in [6, 6.07) is -0.0503. The molecule has 0 aromatic carbocycles. The van der Waals surface area contributed by atoms with Crippen LogP contribution < -0.4 is 10.6 Å². The number of rotatable bonds is 4. The number of aromatic nitrogens is 1. The van der Waals surface area contributed by atoms with Crippen LogP contribution in [0.2, 0.25) is 0 Å². The van der Waals surface area contributed by atoms with Gasteiger partial charge in [-0.25, -0.2) is 0 Å². The third-order valence-electron chi connectivity index (χ3n) is 3.54. The summed E-state index contributed by atoms with van der Waals surface area (Å²) in [6.07, 6.45) is 2.82. The zero-order chi connectivity index (χ0) is 13.1. The van der Waals surface area contributed by atoms with Crippen LogP contribution in [-0.2, 0) is 4.79 Å². The number of halogens is 1. The Morgan fingerprint density at radius 3 is 2.79 bits per heavy atom. The van der Waals surface area contributed by atoms with Crippen molar-refractivity contribution < 1.29 is 9.32 Å². The molecule has 0 bridgehead atoms. The van der Waals surface area contributed by atoms with Crippen molar-refractivity contribution in [2.45, 2.75) is 52.1 Å². The molecule has 1 aromatic rings. The smallest absolute Gasteiger partial charge is 0.237 e. The van der Waals surface area contributed by atoms with Crippen LogP contribution in [0.4, 0.5) is 0 Å². The van der Waals surface area contributed by atoms with Crippen LogP contribution in [-0.4, -0.2) is 23.7 Å². The quantitative estimate of drug-likeness (QED) is 0.889. The van der Waals surface area contributed by atoms with Crippen molar-refractivity contribution in [2.75, 3.05) is 6.54 Å². The van der Waals surface area contributed by atoms with Crippen molar-refractivity contribution in [1.29, 1.82) is 0 Å². The maximum atomic E-state index is 12.1. The molecule has 1 aromatic heterocycles. The molecule has 2 rings (SSSR count). The van der Waals surface area contributed by atoms with Crippen molar-refractivity contribution in [3.8, 4) is 0 Å². The van der Waals surface area contributed by atoms with Crippen LogP contribution in [0.5, 0.6) is 0 Å². The molecule has 5 nitrogen and oxygen atoms in total. The van der Waals surface area contributed by atoms with Crippen LogP contribution in [0.25, 0.3) is 0 Å². The number of nitrogens with zero attached hydrogens (tertiary/aromatic N) is 1. The highest BCUT2D eigenvalue weighted by molar-refractivity contribution is 5.85. The standard InChI is InChI=1S/C13H21N3O2.ClH/c1-4-10(12-8(2)16-18-9(12)3)15-13(17)11-6-5-7-14-11;/h10-11,14H,4-7H2,1-3H3,(H,15,17);1H. The van der Waals surface area contributed by atoms with Gasteiger partial charge in [0.05, 0.1) is 17.8 Å². The first-order valence-corrected chi connectivity index (χ1v) is 6.60. The van der Waals surface area contributed by atoms with Gasteiger partial charge in [-0.15, -0.1) is 12.4 Å². The predicted molar refractivity (Wildman–Crippen MR) is 75.4 cm³/mol. The average molecular weight is 288 g/mol. The Labute approximate surface area is 119 Å². The number of aryl methyl sites for hydroxylation is 2. The molecule has 0 saturated carbocycles. The summed E-state index contributed by atoms with van der Waals surface area (Å²) in [4.78, 5) is 12.1. The Bertz CT molecular complexity index is 408. The summed E-state index contributed by atoms with van der Waals surface area (Å²) >= 11 is 0. The first-order chi connectivity index (χ1) is 8.63. The minimum Gasteiger partial charge on any atom is -0.361 e. The van der Waals surface area contributed by atoms with Crippen LogP contribution in [0, 0.1) is 13.8 Å². The Hall–Kier alpha value is -1.07. The van der Waals surface area contributed by atoms with E-state index in [1.165, 1.54) is 0 Å². The molecule has 1 fully saturated rings. The molecule has 0 spiro atoms. The van der Waals surface area contributed by atoms with Crippen LogP contribution in [0.15, 0.2) is 4.52 Å². The second-order valence-electron chi connectivity index (χ2n) is 4.86. The summed E-state index contributed by atoms with van der Waals surface area (Å²) in [6.45, 7) is 6.78. The van der Waals surface area contributed by atoms with E-state index >= 15 is 0 Å². The highest BCUT2D eigenvalue weighted by atomic mass is 35.5. The minimum atomic E-state index is -0.0421. The van der Waals surface area contributed by atoms with Gasteiger partial charge in [-0.1, -0.05) is 12.1 Å². The Morgan fingerprint density at radius 2 is 2.32 bits per heavy atom. The van der Waals surface area contributed by atoms with Gasteiger partial charge in [0.25, 0.3) is 0 Å². The van der Waals surface area contributed by atoms with Gasteiger partial charge in [0.15, 0.2) is 0 Å². The van der Waals surface area contributed by atoms with E-state index in [0.717, 1.165) is 42.8 Å². The van der Waals surface area contributed by atoms with Gasteiger partial charge in [0.2, 0.25) is 5.91 Å². The summed E-state index contributed by atoms with van der Waals surface area (Å²) in [5.74, 6) is 0.874. The maximum Gasteiger partial charge on any atom is 0.237 e. The van der Waals surface area contributed by atoms with Gasteiger partial charge in [0.1, 0.15) is 5.76 Å². The molecule has 1 aliphatic heterocycles. The fourth-order valence-corrected chi connectivity index (χ4v) is 2.55. The van der Waals surface area contributed by atoms with E-state index in [1.54, 1.807) is 0 Å². The molecule has 0 radical (unpaired) electrons. The van der Waals surface area contributed by atoms with Gasteiger partial charge in [-0.05, 0) is 39.7 Å². The number of amides is 1. The molecule has 1 amide bonds. The molecule has 2 atom stereocenters. The van der Waals surface area contributed by atoms with E-state index in [4.69, 9.17) is 4.52 Å². The largest absolute Gasteiger partial charge is 0.361 e. The van der Waals surface area contributed by atoms with Crippen LogP contribution >= 0.6 is 12.4 Å².